The minimum Gasteiger partial charge on any atom is -0.321 e. The molecule has 3 rings (SSSR count). The van der Waals surface area contributed by atoms with Gasteiger partial charge in [0.25, 0.3) is 5.91 Å². The van der Waals surface area contributed by atoms with Gasteiger partial charge in [-0.2, -0.15) is 0 Å². The molecule has 0 unspecified atom stereocenters. The predicted octanol–water partition coefficient (Wildman–Crippen LogP) is 3.44. The highest BCUT2D eigenvalue weighted by Crippen LogP contribution is 2.22. The SMILES string of the molecule is Cc1nc(CN2CCCC2)sc1C(=O)Nc1ccc(F)cc1. The summed E-state index contributed by atoms with van der Waals surface area (Å²) in [5.74, 6) is -0.505. The second-order valence-corrected chi connectivity index (χ2v) is 6.55. The number of hydrogen-bond acceptors (Lipinski definition) is 4. The van der Waals surface area contributed by atoms with Crippen LogP contribution in [0.4, 0.5) is 10.1 Å². The van der Waals surface area contributed by atoms with E-state index in [4.69, 9.17) is 0 Å². The largest absolute Gasteiger partial charge is 0.321 e. The number of likely N-dealkylation sites (tertiary alicyclic amines) is 1. The van der Waals surface area contributed by atoms with Gasteiger partial charge in [0.05, 0.1) is 12.2 Å². The number of nitrogens with zero attached hydrogens (tertiary/aromatic N) is 2. The van der Waals surface area contributed by atoms with Gasteiger partial charge in [0.2, 0.25) is 0 Å². The Balaban J connectivity index is 1.69. The number of carbonyl (C=O) groups is 1. The third-order valence-corrected chi connectivity index (χ3v) is 4.85. The van der Waals surface area contributed by atoms with Gasteiger partial charge in [-0.1, -0.05) is 0 Å². The van der Waals surface area contributed by atoms with Crippen LogP contribution in [-0.4, -0.2) is 28.9 Å². The Hall–Kier alpha value is -1.79. The van der Waals surface area contributed by atoms with Crippen LogP contribution in [0.15, 0.2) is 24.3 Å². The summed E-state index contributed by atoms with van der Waals surface area (Å²) in [7, 11) is 0. The van der Waals surface area contributed by atoms with E-state index in [0.717, 1.165) is 30.3 Å². The van der Waals surface area contributed by atoms with Crippen molar-refractivity contribution in [1.29, 1.82) is 0 Å². The Bertz CT molecular complexity index is 663. The molecule has 1 aliphatic rings. The molecule has 22 heavy (non-hydrogen) atoms. The fraction of sp³-hybridized carbons (Fsp3) is 0.375. The molecule has 2 heterocycles. The number of anilines is 1. The third-order valence-electron chi connectivity index (χ3n) is 3.71. The van der Waals surface area contributed by atoms with Crippen molar-refractivity contribution in [2.75, 3.05) is 18.4 Å². The summed E-state index contributed by atoms with van der Waals surface area (Å²) >= 11 is 1.44. The number of amides is 1. The summed E-state index contributed by atoms with van der Waals surface area (Å²) in [5.41, 5.74) is 1.33. The van der Waals surface area contributed by atoms with E-state index in [1.807, 2.05) is 6.92 Å². The number of aromatic nitrogens is 1. The molecule has 1 saturated heterocycles. The molecule has 1 aromatic carbocycles. The van der Waals surface area contributed by atoms with Crippen LogP contribution in [0, 0.1) is 12.7 Å². The topological polar surface area (TPSA) is 45.2 Å². The maximum atomic E-state index is 12.9. The van der Waals surface area contributed by atoms with Crippen molar-refractivity contribution < 1.29 is 9.18 Å². The number of thiazole rings is 1. The molecule has 6 heteroatoms. The van der Waals surface area contributed by atoms with Gasteiger partial charge in [0, 0.05) is 5.69 Å². The molecule has 1 amide bonds. The van der Waals surface area contributed by atoms with Crippen molar-refractivity contribution in [1.82, 2.24) is 9.88 Å². The molecule has 1 N–H and O–H groups in total. The van der Waals surface area contributed by atoms with E-state index in [1.54, 1.807) is 12.1 Å². The van der Waals surface area contributed by atoms with E-state index < -0.39 is 0 Å². The van der Waals surface area contributed by atoms with Gasteiger partial charge in [0.15, 0.2) is 0 Å². The summed E-state index contributed by atoms with van der Waals surface area (Å²) in [5, 5.41) is 3.76. The maximum Gasteiger partial charge on any atom is 0.267 e. The van der Waals surface area contributed by atoms with Crippen LogP contribution in [0.25, 0.3) is 0 Å². The first kappa shape index (κ1) is 15.1. The number of benzene rings is 1. The highest BCUT2D eigenvalue weighted by molar-refractivity contribution is 7.13. The van der Waals surface area contributed by atoms with Gasteiger partial charge < -0.3 is 5.32 Å². The van der Waals surface area contributed by atoms with Gasteiger partial charge in [0.1, 0.15) is 15.7 Å². The Morgan fingerprint density at radius 2 is 2.00 bits per heavy atom. The molecule has 0 bridgehead atoms. The Morgan fingerprint density at radius 1 is 1.32 bits per heavy atom. The van der Waals surface area contributed by atoms with Crippen molar-refractivity contribution in [2.45, 2.75) is 26.3 Å². The van der Waals surface area contributed by atoms with E-state index in [0.29, 0.717) is 10.6 Å². The van der Waals surface area contributed by atoms with Crippen LogP contribution in [0.2, 0.25) is 0 Å². The number of aryl methyl sites for hydroxylation is 1. The number of hydrogen-bond donors (Lipinski definition) is 1. The summed E-state index contributed by atoms with van der Waals surface area (Å²) in [4.78, 5) is 19.8. The lowest BCUT2D eigenvalue weighted by Gasteiger charge is -2.11. The number of carbonyl (C=O) groups excluding carboxylic acids is 1. The number of nitrogens with one attached hydrogen (secondary N) is 1. The molecule has 4 nitrogen and oxygen atoms in total. The molecule has 1 aliphatic heterocycles. The second-order valence-electron chi connectivity index (χ2n) is 5.47. The average molecular weight is 319 g/mol. The van der Waals surface area contributed by atoms with Gasteiger partial charge in [-0.05, 0) is 57.1 Å². The van der Waals surface area contributed by atoms with Crippen molar-refractivity contribution in [3.8, 4) is 0 Å². The summed E-state index contributed by atoms with van der Waals surface area (Å²) in [6.45, 7) is 4.88. The van der Waals surface area contributed by atoms with Crippen LogP contribution in [-0.2, 0) is 6.54 Å². The molecule has 1 aromatic heterocycles. The Labute approximate surface area is 133 Å². The molecule has 2 aromatic rings. The predicted molar refractivity (Wildman–Crippen MR) is 85.7 cm³/mol. The van der Waals surface area contributed by atoms with Gasteiger partial charge in [-0.3, -0.25) is 9.69 Å². The first-order chi connectivity index (χ1) is 10.6. The first-order valence-electron chi connectivity index (χ1n) is 7.37. The van der Waals surface area contributed by atoms with Crippen LogP contribution in [0.3, 0.4) is 0 Å². The lowest BCUT2D eigenvalue weighted by molar-refractivity contribution is 0.103. The molecule has 116 valence electrons. The highest BCUT2D eigenvalue weighted by Gasteiger charge is 2.18. The zero-order valence-corrected chi connectivity index (χ0v) is 13.3. The minimum atomic E-state index is -0.320. The Morgan fingerprint density at radius 3 is 2.68 bits per heavy atom. The lowest BCUT2D eigenvalue weighted by atomic mass is 10.3. The van der Waals surface area contributed by atoms with Crippen LogP contribution >= 0.6 is 11.3 Å². The Kier molecular flexibility index (Phi) is 4.49. The van der Waals surface area contributed by atoms with E-state index in [1.165, 1.54) is 36.3 Å². The molecule has 0 aliphatic carbocycles. The van der Waals surface area contributed by atoms with E-state index in [2.05, 4.69) is 15.2 Å². The average Bonchev–Trinajstić information content (AvgIpc) is 3.11. The fourth-order valence-corrected chi connectivity index (χ4v) is 3.59. The number of halogens is 1. The summed E-state index contributed by atoms with van der Waals surface area (Å²) in [6, 6.07) is 5.76. The van der Waals surface area contributed by atoms with E-state index in [9.17, 15) is 9.18 Å². The second kappa shape index (κ2) is 6.54. The van der Waals surface area contributed by atoms with Crippen LogP contribution < -0.4 is 5.32 Å². The van der Waals surface area contributed by atoms with Gasteiger partial charge >= 0.3 is 0 Å². The van der Waals surface area contributed by atoms with Gasteiger partial charge in [-0.25, -0.2) is 9.37 Å². The molecule has 0 saturated carbocycles. The molecule has 1 fully saturated rings. The van der Waals surface area contributed by atoms with E-state index >= 15 is 0 Å². The standard InChI is InChI=1S/C16H18FN3OS/c1-11-15(16(21)19-13-6-4-12(17)5-7-13)22-14(18-11)10-20-8-2-3-9-20/h4-7H,2-3,8-10H2,1H3,(H,19,21). The quantitative estimate of drug-likeness (QED) is 0.939. The van der Waals surface area contributed by atoms with Crippen molar-refractivity contribution in [2.24, 2.45) is 0 Å². The number of rotatable bonds is 4. The third kappa shape index (κ3) is 3.51. The molecule has 0 radical (unpaired) electrons. The fourth-order valence-electron chi connectivity index (χ4n) is 2.58. The van der Waals surface area contributed by atoms with Crippen LogP contribution in [0.5, 0.6) is 0 Å². The molecule has 0 spiro atoms. The highest BCUT2D eigenvalue weighted by atomic mass is 32.1. The van der Waals surface area contributed by atoms with Crippen molar-refractivity contribution >= 4 is 22.9 Å². The molecular weight excluding hydrogens is 301 g/mol. The monoisotopic (exact) mass is 319 g/mol. The summed E-state index contributed by atoms with van der Waals surface area (Å²) < 4.78 is 12.9. The van der Waals surface area contributed by atoms with Gasteiger partial charge in [-0.15, -0.1) is 11.3 Å². The lowest BCUT2D eigenvalue weighted by Crippen LogP contribution is -2.18. The zero-order chi connectivity index (χ0) is 15.5. The maximum absolute atomic E-state index is 12.9. The zero-order valence-electron chi connectivity index (χ0n) is 12.4. The minimum absolute atomic E-state index is 0.186. The first-order valence-corrected chi connectivity index (χ1v) is 8.19. The van der Waals surface area contributed by atoms with Crippen LogP contribution in [0.1, 0.15) is 33.2 Å². The van der Waals surface area contributed by atoms with Crippen molar-refractivity contribution in [3.05, 3.63) is 45.7 Å². The van der Waals surface area contributed by atoms with E-state index in [-0.39, 0.29) is 11.7 Å². The molecule has 0 atom stereocenters. The smallest absolute Gasteiger partial charge is 0.267 e. The molecular formula is C16H18FN3OS. The summed E-state index contributed by atoms with van der Waals surface area (Å²) in [6.07, 6.45) is 2.48. The normalized spacial score (nSPS) is 15.2. The van der Waals surface area contributed by atoms with Crippen molar-refractivity contribution in [3.63, 3.8) is 0 Å².